The minimum atomic E-state index is 0.0962. The maximum Gasteiger partial charge on any atom is 0.137 e. The van der Waals surface area contributed by atoms with E-state index in [1.165, 1.54) is 12.0 Å². The molecule has 2 atom stereocenters. The third-order valence-electron chi connectivity index (χ3n) is 5.96. The minimum absolute atomic E-state index is 0.0962. The van der Waals surface area contributed by atoms with E-state index in [4.69, 9.17) is 16.3 Å². The Hall–Kier alpha value is -0.810. The topological polar surface area (TPSA) is 35.9 Å². The van der Waals surface area contributed by atoms with Gasteiger partial charge >= 0.3 is 0 Å². The Bertz CT molecular complexity index is 583. The van der Waals surface area contributed by atoms with E-state index in [9.17, 15) is 5.11 Å². The van der Waals surface area contributed by atoms with E-state index in [0.29, 0.717) is 24.3 Å². The Morgan fingerprint density at radius 2 is 2.16 bits per heavy atom. The van der Waals surface area contributed by atoms with Crippen LogP contribution in [0.3, 0.4) is 0 Å². The van der Waals surface area contributed by atoms with Gasteiger partial charge in [-0.15, -0.1) is 0 Å². The molecule has 0 radical (unpaired) electrons. The van der Waals surface area contributed by atoms with Crippen molar-refractivity contribution in [3.63, 3.8) is 0 Å². The third-order valence-corrected chi connectivity index (χ3v) is 6.26. The normalized spacial score (nSPS) is 27.9. The van der Waals surface area contributed by atoms with Crippen LogP contribution < -0.4 is 4.74 Å². The van der Waals surface area contributed by atoms with Gasteiger partial charge in [-0.3, -0.25) is 4.90 Å². The van der Waals surface area contributed by atoms with Gasteiger partial charge in [-0.2, -0.15) is 0 Å². The van der Waals surface area contributed by atoms with Crippen molar-refractivity contribution < 1.29 is 9.84 Å². The monoisotopic (exact) mass is 366 g/mol. The summed E-state index contributed by atoms with van der Waals surface area (Å²) in [6, 6.07) is 6.59. The highest BCUT2D eigenvalue weighted by Crippen LogP contribution is 2.41. The first-order chi connectivity index (χ1) is 12.1. The largest absolute Gasteiger partial charge is 0.492 e. The molecule has 2 aliphatic rings. The highest BCUT2D eigenvalue weighted by molar-refractivity contribution is 6.32. The van der Waals surface area contributed by atoms with Crippen molar-refractivity contribution in [1.29, 1.82) is 0 Å². The molecule has 25 heavy (non-hydrogen) atoms. The lowest BCUT2D eigenvalue weighted by Gasteiger charge is -2.53. The molecule has 0 aromatic heterocycles. The van der Waals surface area contributed by atoms with Crippen LogP contribution in [0.25, 0.3) is 0 Å². The summed E-state index contributed by atoms with van der Waals surface area (Å²) >= 11 is 6.38. The lowest BCUT2D eigenvalue weighted by atomic mass is 9.69. The van der Waals surface area contributed by atoms with Crippen molar-refractivity contribution in [2.45, 2.75) is 45.2 Å². The van der Waals surface area contributed by atoms with Crippen molar-refractivity contribution in [1.82, 2.24) is 9.80 Å². The number of fused-ring (bicyclic) bond motifs is 1. The van der Waals surface area contributed by atoms with Crippen LogP contribution in [0.15, 0.2) is 18.2 Å². The van der Waals surface area contributed by atoms with E-state index in [1.807, 2.05) is 12.1 Å². The number of nitrogens with zero attached hydrogens (tertiary/aromatic N) is 2. The Labute approximate surface area is 156 Å². The summed E-state index contributed by atoms with van der Waals surface area (Å²) in [5.41, 5.74) is 1.32. The molecule has 2 aliphatic heterocycles. The Morgan fingerprint density at radius 3 is 2.88 bits per heavy atom. The molecule has 0 unspecified atom stereocenters. The lowest BCUT2D eigenvalue weighted by molar-refractivity contribution is -0.0684. The second kappa shape index (κ2) is 8.26. The predicted octanol–water partition coefficient (Wildman–Crippen LogP) is 3.41. The summed E-state index contributed by atoms with van der Waals surface area (Å²) in [5, 5.41) is 10.7. The molecular weight excluding hydrogens is 336 g/mol. The van der Waals surface area contributed by atoms with Crippen molar-refractivity contribution in [3.8, 4) is 5.75 Å². The van der Waals surface area contributed by atoms with Gasteiger partial charge in [-0.25, -0.2) is 0 Å². The van der Waals surface area contributed by atoms with Crippen molar-refractivity contribution in [3.05, 3.63) is 28.8 Å². The molecule has 140 valence electrons. The molecule has 5 heteroatoms. The van der Waals surface area contributed by atoms with Crippen LogP contribution in [0.1, 0.15) is 38.2 Å². The zero-order valence-electron chi connectivity index (χ0n) is 15.5. The Morgan fingerprint density at radius 1 is 1.32 bits per heavy atom. The number of aliphatic hydroxyl groups excluding tert-OH is 1. The van der Waals surface area contributed by atoms with Gasteiger partial charge in [0.25, 0.3) is 0 Å². The number of aliphatic hydroxyl groups is 1. The maximum atomic E-state index is 10.0. The van der Waals surface area contributed by atoms with Crippen LogP contribution in [-0.2, 0) is 6.54 Å². The van der Waals surface area contributed by atoms with E-state index in [2.05, 4.69) is 29.8 Å². The maximum absolute atomic E-state index is 10.0. The van der Waals surface area contributed by atoms with Gasteiger partial charge < -0.3 is 14.7 Å². The van der Waals surface area contributed by atoms with E-state index in [-0.39, 0.29) is 5.41 Å². The molecule has 2 heterocycles. The van der Waals surface area contributed by atoms with Crippen LogP contribution in [0.5, 0.6) is 5.75 Å². The van der Waals surface area contributed by atoms with Gasteiger partial charge in [0.2, 0.25) is 0 Å². The first-order valence-corrected chi connectivity index (χ1v) is 9.90. The average Bonchev–Trinajstić information content (AvgIpc) is 2.62. The molecule has 1 N–H and O–H groups in total. The number of rotatable bonds is 6. The molecule has 4 nitrogen and oxygen atoms in total. The summed E-state index contributed by atoms with van der Waals surface area (Å²) < 4.78 is 5.66. The second-order valence-corrected chi connectivity index (χ2v) is 8.13. The number of hydrogen-bond donors (Lipinski definition) is 1. The standard InChI is InChI=1S/C20H31ClN2O2/c1-3-11-25-18-6-5-16(12-17(18)21)13-23-10-8-20(15-24)7-4-9-22(2)19(20)14-23/h5-6,12,19,24H,3-4,7-11,13-15H2,1-2H3/t19-,20-/m1/s1. The van der Waals surface area contributed by atoms with Crippen LogP contribution in [0.2, 0.25) is 5.02 Å². The van der Waals surface area contributed by atoms with Gasteiger partial charge in [0.15, 0.2) is 0 Å². The number of likely N-dealkylation sites (tertiary alicyclic amines) is 2. The second-order valence-electron chi connectivity index (χ2n) is 7.72. The van der Waals surface area contributed by atoms with Gasteiger partial charge in [0.05, 0.1) is 18.2 Å². The number of likely N-dealkylation sites (N-methyl/N-ethyl adjacent to an activating group) is 1. The fraction of sp³-hybridized carbons (Fsp3) is 0.700. The highest BCUT2D eigenvalue weighted by Gasteiger charge is 2.46. The molecule has 2 saturated heterocycles. The summed E-state index contributed by atoms with van der Waals surface area (Å²) in [6.45, 7) is 7.19. The molecular formula is C20H31ClN2O2. The zero-order valence-corrected chi connectivity index (χ0v) is 16.3. The SMILES string of the molecule is CCCOc1ccc(CN2CC[C@@]3(CO)CCCN(C)[C@@H]3C2)cc1Cl. The highest BCUT2D eigenvalue weighted by atomic mass is 35.5. The van der Waals surface area contributed by atoms with E-state index in [1.54, 1.807) is 0 Å². The number of ether oxygens (including phenoxy) is 1. The summed E-state index contributed by atoms with van der Waals surface area (Å²) in [4.78, 5) is 4.94. The van der Waals surface area contributed by atoms with Crippen molar-refractivity contribution in [2.24, 2.45) is 5.41 Å². The van der Waals surface area contributed by atoms with Crippen LogP contribution in [0.4, 0.5) is 0 Å². The molecule has 1 aromatic carbocycles. The average molecular weight is 367 g/mol. The Balaban J connectivity index is 1.65. The minimum Gasteiger partial charge on any atom is -0.492 e. The molecule has 0 spiro atoms. The summed E-state index contributed by atoms with van der Waals surface area (Å²) in [5.74, 6) is 0.775. The van der Waals surface area contributed by atoms with E-state index < -0.39 is 0 Å². The van der Waals surface area contributed by atoms with Crippen LogP contribution in [-0.4, -0.2) is 60.8 Å². The summed E-state index contributed by atoms with van der Waals surface area (Å²) in [7, 11) is 2.20. The molecule has 0 saturated carbocycles. The van der Waals surface area contributed by atoms with Crippen LogP contribution >= 0.6 is 11.6 Å². The van der Waals surface area contributed by atoms with Gasteiger partial charge in [0, 0.05) is 24.5 Å². The Kier molecular flexibility index (Phi) is 6.26. The third kappa shape index (κ3) is 4.13. The van der Waals surface area contributed by atoms with Crippen molar-refractivity contribution in [2.75, 3.05) is 39.9 Å². The molecule has 3 rings (SSSR count). The lowest BCUT2D eigenvalue weighted by Crippen LogP contribution is -2.61. The fourth-order valence-corrected chi connectivity index (χ4v) is 4.71. The van der Waals surface area contributed by atoms with Gasteiger partial charge in [0.1, 0.15) is 5.75 Å². The molecule has 0 aliphatic carbocycles. The van der Waals surface area contributed by atoms with Crippen LogP contribution in [0, 0.1) is 5.41 Å². The zero-order chi connectivity index (χ0) is 17.9. The van der Waals surface area contributed by atoms with E-state index >= 15 is 0 Å². The molecule has 2 fully saturated rings. The fourth-order valence-electron chi connectivity index (χ4n) is 4.45. The van der Waals surface area contributed by atoms with Gasteiger partial charge in [-0.05, 0) is 63.5 Å². The predicted molar refractivity (Wildman–Crippen MR) is 102 cm³/mol. The number of hydrogen-bond acceptors (Lipinski definition) is 4. The molecule has 0 bridgehead atoms. The number of piperidine rings is 2. The van der Waals surface area contributed by atoms with Gasteiger partial charge in [-0.1, -0.05) is 24.6 Å². The smallest absolute Gasteiger partial charge is 0.137 e. The summed E-state index contributed by atoms with van der Waals surface area (Å²) in [6.07, 6.45) is 4.40. The molecule has 0 amide bonds. The first-order valence-electron chi connectivity index (χ1n) is 9.52. The quantitative estimate of drug-likeness (QED) is 0.837. The van der Waals surface area contributed by atoms with Crippen molar-refractivity contribution >= 4 is 11.6 Å². The van der Waals surface area contributed by atoms with E-state index in [0.717, 1.165) is 51.2 Å². The molecule has 1 aromatic rings. The number of benzene rings is 1. The number of halogens is 1. The first kappa shape index (κ1) is 19.0.